The van der Waals surface area contributed by atoms with Crippen molar-refractivity contribution >= 4 is 5.91 Å². The average Bonchev–Trinajstić information content (AvgIpc) is 3.36. The van der Waals surface area contributed by atoms with Gasteiger partial charge < -0.3 is 14.6 Å². The van der Waals surface area contributed by atoms with E-state index in [2.05, 4.69) is 10.4 Å². The Balaban J connectivity index is 1.45. The molecule has 0 aliphatic heterocycles. The summed E-state index contributed by atoms with van der Waals surface area (Å²) in [5.74, 6) is 0.449. The molecule has 0 radical (unpaired) electrons. The maximum atomic E-state index is 13.8. The lowest BCUT2D eigenvalue weighted by atomic mass is 9.91. The average molecular weight is 410 g/mol. The van der Waals surface area contributed by atoms with Gasteiger partial charge in [-0.15, -0.1) is 0 Å². The van der Waals surface area contributed by atoms with Gasteiger partial charge in [-0.3, -0.25) is 9.48 Å². The Hall–Kier alpha value is -2.93. The van der Waals surface area contributed by atoms with E-state index in [1.807, 2.05) is 29.9 Å². The Morgan fingerprint density at radius 1 is 1.40 bits per heavy atom. The largest absolute Gasteiger partial charge is 0.467 e. The fourth-order valence-corrected chi connectivity index (χ4v) is 4.03. The minimum atomic E-state index is -0.181. The van der Waals surface area contributed by atoms with Crippen LogP contribution in [-0.4, -0.2) is 33.7 Å². The van der Waals surface area contributed by atoms with Crippen LogP contribution in [0.5, 0.6) is 0 Å². The number of furan rings is 1. The van der Waals surface area contributed by atoms with Crippen molar-refractivity contribution in [3.05, 3.63) is 76.3 Å². The van der Waals surface area contributed by atoms with Crippen LogP contribution in [0.25, 0.3) is 0 Å². The monoisotopic (exact) mass is 410 g/mol. The van der Waals surface area contributed by atoms with Gasteiger partial charge in [0.1, 0.15) is 11.6 Å². The van der Waals surface area contributed by atoms with Crippen LogP contribution in [0.1, 0.15) is 45.1 Å². The van der Waals surface area contributed by atoms with Gasteiger partial charge in [-0.1, -0.05) is 12.1 Å². The van der Waals surface area contributed by atoms with Crippen molar-refractivity contribution < 1.29 is 13.6 Å². The number of halogens is 1. The van der Waals surface area contributed by atoms with E-state index in [0.29, 0.717) is 24.3 Å². The molecule has 4 rings (SSSR count). The quantitative estimate of drug-likeness (QED) is 0.677. The molecule has 1 atom stereocenters. The number of aromatic nitrogens is 2. The maximum absolute atomic E-state index is 13.8. The van der Waals surface area contributed by atoms with Crippen molar-refractivity contribution in [2.24, 2.45) is 7.05 Å². The third kappa shape index (κ3) is 4.16. The molecule has 6 nitrogen and oxygen atoms in total. The van der Waals surface area contributed by atoms with Gasteiger partial charge in [-0.25, -0.2) is 4.39 Å². The lowest BCUT2D eigenvalue weighted by Crippen LogP contribution is -2.35. The van der Waals surface area contributed by atoms with Crippen molar-refractivity contribution in [3.8, 4) is 0 Å². The first-order valence-corrected chi connectivity index (χ1v) is 10.2. The van der Waals surface area contributed by atoms with Gasteiger partial charge in [0.05, 0.1) is 12.8 Å². The fraction of sp³-hybridized carbons (Fsp3) is 0.391. The highest BCUT2D eigenvalue weighted by atomic mass is 19.1. The molecule has 1 N–H and O–H groups in total. The SMILES string of the molecule is Cc1ccc(CNC2CCc3c(c(C(=O)N(C)Cc4ccco4)nn3C)C2)cc1F. The first kappa shape index (κ1) is 20.3. The summed E-state index contributed by atoms with van der Waals surface area (Å²) in [6, 6.07) is 9.21. The topological polar surface area (TPSA) is 63.3 Å². The van der Waals surface area contributed by atoms with Crippen LogP contribution in [0.3, 0.4) is 0 Å². The zero-order chi connectivity index (χ0) is 21.3. The molecule has 7 heteroatoms. The van der Waals surface area contributed by atoms with E-state index in [1.165, 1.54) is 0 Å². The molecule has 30 heavy (non-hydrogen) atoms. The van der Waals surface area contributed by atoms with E-state index in [4.69, 9.17) is 4.42 Å². The molecule has 1 aliphatic rings. The molecule has 0 fully saturated rings. The number of nitrogens with one attached hydrogen (secondary N) is 1. The Bertz CT molecular complexity index is 1040. The molecule has 0 saturated carbocycles. The van der Waals surface area contributed by atoms with Crippen molar-refractivity contribution in [3.63, 3.8) is 0 Å². The summed E-state index contributed by atoms with van der Waals surface area (Å²) in [6.45, 7) is 2.76. The Kier molecular flexibility index (Phi) is 5.72. The number of rotatable bonds is 6. The van der Waals surface area contributed by atoms with Crippen molar-refractivity contribution in [1.29, 1.82) is 0 Å². The molecule has 2 aromatic heterocycles. The maximum Gasteiger partial charge on any atom is 0.274 e. The van der Waals surface area contributed by atoms with Crippen LogP contribution in [0.15, 0.2) is 41.0 Å². The number of amides is 1. The lowest BCUT2D eigenvalue weighted by molar-refractivity contribution is 0.0767. The Morgan fingerprint density at radius 3 is 2.97 bits per heavy atom. The minimum absolute atomic E-state index is 0.107. The fourth-order valence-electron chi connectivity index (χ4n) is 4.03. The standard InChI is InChI=1S/C23H27FN4O2/c1-15-6-7-16(11-20(15)24)13-25-17-8-9-21-19(12-17)22(26-28(21)3)23(29)27(2)14-18-5-4-10-30-18/h4-7,10-11,17,25H,8-9,12-14H2,1-3H3. The van der Waals surface area contributed by atoms with Crippen molar-refractivity contribution in [2.45, 2.75) is 45.3 Å². The Morgan fingerprint density at radius 2 is 2.23 bits per heavy atom. The first-order chi connectivity index (χ1) is 14.4. The summed E-state index contributed by atoms with van der Waals surface area (Å²) in [7, 11) is 3.65. The summed E-state index contributed by atoms with van der Waals surface area (Å²) in [5, 5.41) is 8.06. The second-order valence-corrected chi connectivity index (χ2v) is 8.04. The number of aryl methyl sites for hydroxylation is 2. The van der Waals surface area contributed by atoms with Crippen LogP contribution in [0, 0.1) is 12.7 Å². The van der Waals surface area contributed by atoms with Gasteiger partial charge in [0.25, 0.3) is 5.91 Å². The number of carbonyl (C=O) groups excluding carboxylic acids is 1. The van der Waals surface area contributed by atoms with Crippen LogP contribution in [-0.2, 0) is 33.0 Å². The minimum Gasteiger partial charge on any atom is -0.467 e. The van der Waals surface area contributed by atoms with Crippen molar-refractivity contribution in [2.75, 3.05) is 7.05 Å². The Labute approximate surface area is 175 Å². The number of carbonyl (C=O) groups is 1. The summed E-state index contributed by atoms with van der Waals surface area (Å²) in [6.07, 6.45) is 4.14. The summed E-state index contributed by atoms with van der Waals surface area (Å²) in [4.78, 5) is 14.7. The highest BCUT2D eigenvalue weighted by molar-refractivity contribution is 5.94. The zero-order valence-corrected chi connectivity index (χ0v) is 17.6. The molecule has 2 heterocycles. The first-order valence-electron chi connectivity index (χ1n) is 10.2. The van der Waals surface area contributed by atoms with Gasteiger partial charge >= 0.3 is 0 Å². The molecule has 1 aliphatic carbocycles. The molecular formula is C23H27FN4O2. The number of nitrogens with zero attached hydrogens (tertiary/aromatic N) is 3. The second kappa shape index (κ2) is 8.44. The van der Waals surface area contributed by atoms with E-state index in [9.17, 15) is 9.18 Å². The van der Waals surface area contributed by atoms with Gasteiger partial charge in [0, 0.05) is 37.9 Å². The van der Waals surface area contributed by atoms with E-state index in [0.717, 1.165) is 41.8 Å². The van der Waals surface area contributed by atoms with Gasteiger partial charge in [0.15, 0.2) is 5.69 Å². The molecule has 0 bridgehead atoms. The number of benzene rings is 1. The molecular weight excluding hydrogens is 383 g/mol. The third-order valence-electron chi connectivity index (χ3n) is 5.81. The predicted octanol–water partition coefficient (Wildman–Crippen LogP) is 3.38. The summed E-state index contributed by atoms with van der Waals surface area (Å²) < 4.78 is 21.0. The lowest BCUT2D eigenvalue weighted by Gasteiger charge is -2.25. The van der Waals surface area contributed by atoms with Gasteiger partial charge in [-0.05, 0) is 55.5 Å². The van der Waals surface area contributed by atoms with Gasteiger partial charge in [-0.2, -0.15) is 5.10 Å². The molecule has 0 spiro atoms. The normalized spacial score (nSPS) is 15.8. The van der Waals surface area contributed by atoms with Crippen LogP contribution < -0.4 is 5.32 Å². The molecule has 0 saturated heterocycles. The highest BCUT2D eigenvalue weighted by Crippen LogP contribution is 2.26. The summed E-state index contributed by atoms with van der Waals surface area (Å²) in [5.41, 5.74) is 4.20. The second-order valence-electron chi connectivity index (χ2n) is 8.04. The van der Waals surface area contributed by atoms with Crippen LogP contribution >= 0.6 is 0 Å². The van der Waals surface area contributed by atoms with E-state index in [-0.39, 0.29) is 17.8 Å². The van der Waals surface area contributed by atoms with Crippen LogP contribution in [0.2, 0.25) is 0 Å². The number of hydrogen-bond donors (Lipinski definition) is 1. The third-order valence-corrected chi connectivity index (χ3v) is 5.81. The van der Waals surface area contributed by atoms with Gasteiger partial charge in [0.2, 0.25) is 0 Å². The van der Waals surface area contributed by atoms with Crippen molar-refractivity contribution in [1.82, 2.24) is 20.0 Å². The van der Waals surface area contributed by atoms with E-state index in [1.54, 1.807) is 37.3 Å². The smallest absolute Gasteiger partial charge is 0.274 e. The molecule has 1 amide bonds. The van der Waals surface area contributed by atoms with Crippen LogP contribution in [0.4, 0.5) is 4.39 Å². The summed E-state index contributed by atoms with van der Waals surface area (Å²) >= 11 is 0. The highest BCUT2D eigenvalue weighted by Gasteiger charge is 2.29. The number of hydrogen-bond acceptors (Lipinski definition) is 4. The van der Waals surface area contributed by atoms with E-state index >= 15 is 0 Å². The molecule has 1 aromatic carbocycles. The zero-order valence-electron chi connectivity index (χ0n) is 17.6. The number of fused-ring (bicyclic) bond motifs is 1. The molecule has 3 aromatic rings. The predicted molar refractivity (Wildman–Crippen MR) is 112 cm³/mol. The van der Waals surface area contributed by atoms with E-state index < -0.39 is 0 Å². The molecule has 158 valence electrons. The molecule has 1 unspecified atom stereocenters.